The Morgan fingerprint density at radius 3 is 2.12 bits per heavy atom. The predicted octanol–water partition coefficient (Wildman–Crippen LogP) is 1.48. The number of hydrogen-bond acceptors (Lipinski definition) is 3. The van der Waals surface area contributed by atoms with Crippen LogP contribution in [0.15, 0.2) is 0 Å². The number of nitrogens with one attached hydrogen (secondary N) is 2. The minimum absolute atomic E-state index is 0.0245. The predicted molar refractivity (Wildman–Crippen MR) is 69.0 cm³/mol. The monoisotopic (exact) mass is 250 g/mol. The lowest BCUT2D eigenvalue weighted by atomic mass is 10.2. The van der Waals surface area contributed by atoms with E-state index in [1.807, 2.05) is 20.8 Å². The summed E-state index contributed by atoms with van der Waals surface area (Å²) in [5.74, 6) is 0. The van der Waals surface area contributed by atoms with E-state index >= 15 is 0 Å². The first-order valence-corrected chi connectivity index (χ1v) is 7.58. The average molecular weight is 250 g/mol. The lowest BCUT2D eigenvalue weighted by molar-refractivity contribution is 0.519. The van der Waals surface area contributed by atoms with Gasteiger partial charge in [-0.1, -0.05) is 27.2 Å². The third-order valence-corrected chi connectivity index (χ3v) is 4.39. The highest BCUT2D eigenvalue weighted by Gasteiger charge is 2.22. The molecule has 0 bridgehead atoms. The number of rotatable bonds is 8. The SMILES string of the molecule is CCCC(C)NS(=O)(=O)C(C)CNC(C)C. The third-order valence-electron chi connectivity index (χ3n) is 2.43. The van der Waals surface area contributed by atoms with Crippen molar-refractivity contribution in [1.29, 1.82) is 0 Å². The average Bonchev–Trinajstić information content (AvgIpc) is 2.13. The van der Waals surface area contributed by atoms with Crippen molar-refractivity contribution < 1.29 is 8.42 Å². The Morgan fingerprint density at radius 2 is 1.69 bits per heavy atom. The minimum atomic E-state index is -3.19. The molecule has 0 aromatic carbocycles. The second-order valence-corrected chi connectivity index (χ2v) is 6.86. The lowest BCUT2D eigenvalue weighted by Gasteiger charge is -2.19. The fourth-order valence-electron chi connectivity index (χ4n) is 1.40. The molecular formula is C11H26N2O2S. The minimum Gasteiger partial charge on any atom is -0.313 e. The topological polar surface area (TPSA) is 58.2 Å². The van der Waals surface area contributed by atoms with Crippen LogP contribution in [0.3, 0.4) is 0 Å². The van der Waals surface area contributed by atoms with E-state index in [0.717, 1.165) is 12.8 Å². The van der Waals surface area contributed by atoms with Crippen LogP contribution < -0.4 is 10.0 Å². The van der Waals surface area contributed by atoms with Crippen LogP contribution in [0.1, 0.15) is 47.5 Å². The van der Waals surface area contributed by atoms with E-state index in [9.17, 15) is 8.42 Å². The Balaban J connectivity index is 4.20. The fourth-order valence-corrected chi connectivity index (χ4v) is 2.63. The first-order chi connectivity index (χ1) is 7.29. The van der Waals surface area contributed by atoms with Crippen molar-refractivity contribution in [3.05, 3.63) is 0 Å². The molecule has 0 fully saturated rings. The van der Waals surface area contributed by atoms with Crippen molar-refractivity contribution in [2.75, 3.05) is 6.54 Å². The van der Waals surface area contributed by atoms with Crippen LogP contribution in [0, 0.1) is 0 Å². The summed E-state index contributed by atoms with van der Waals surface area (Å²) < 4.78 is 26.5. The number of hydrogen-bond donors (Lipinski definition) is 2. The lowest BCUT2D eigenvalue weighted by Crippen LogP contribution is -2.43. The van der Waals surface area contributed by atoms with Crippen LogP contribution in [-0.4, -0.2) is 32.3 Å². The third kappa shape index (κ3) is 6.45. The summed E-state index contributed by atoms with van der Waals surface area (Å²) in [6.07, 6.45) is 1.87. The number of sulfonamides is 1. The maximum atomic E-state index is 11.9. The van der Waals surface area contributed by atoms with Gasteiger partial charge in [0.1, 0.15) is 0 Å². The molecule has 2 N–H and O–H groups in total. The van der Waals surface area contributed by atoms with Gasteiger partial charge in [0.05, 0.1) is 5.25 Å². The molecule has 0 aliphatic carbocycles. The van der Waals surface area contributed by atoms with Crippen molar-refractivity contribution in [2.45, 2.75) is 64.8 Å². The molecule has 0 rings (SSSR count). The quantitative estimate of drug-likeness (QED) is 0.686. The molecular weight excluding hydrogens is 224 g/mol. The zero-order valence-electron chi connectivity index (χ0n) is 11.1. The maximum absolute atomic E-state index is 11.9. The van der Waals surface area contributed by atoms with Crippen molar-refractivity contribution in [1.82, 2.24) is 10.0 Å². The molecule has 5 heteroatoms. The highest BCUT2D eigenvalue weighted by molar-refractivity contribution is 7.90. The molecule has 0 aliphatic heterocycles. The van der Waals surface area contributed by atoms with E-state index in [1.165, 1.54) is 0 Å². The van der Waals surface area contributed by atoms with Gasteiger partial charge in [0.25, 0.3) is 0 Å². The van der Waals surface area contributed by atoms with Gasteiger partial charge < -0.3 is 5.32 Å². The second kappa shape index (κ2) is 7.25. The molecule has 0 saturated heterocycles. The Kier molecular flexibility index (Phi) is 7.19. The van der Waals surface area contributed by atoms with E-state index < -0.39 is 15.3 Å². The Labute approximate surface area is 100 Å². The molecule has 0 aromatic rings. The van der Waals surface area contributed by atoms with Gasteiger partial charge in [0, 0.05) is 18.6 Å². The Hall–Kier alpha value is -0.130. The zero-order chi connectivity index (χ0) is 12.8. The molecule has 0 radical (unpaired) electrons. The van der Waals surface area contributed by atoms with E-state index in [0.29, 0.717) is 12.6 Å². The molecule has 4 nitrogen and oxygen atoms in total. The van der Waals surface area contributed by atoms with Crippen LogP contribution in [0.4, 0.5) is 0 Å². The Morgan fingerprint density at radius 1 is 1.12 bits per heavy atom. The van der Waals surface area contributed by atoms with Gasteiger partial charge in [-0.05, 0) is 20.3 Å². The van der Waals surface area contributed by atoms with E-state index in [1.54, 1.807) is 6.92 Å². The molecule has 0 heterocycles. The summed E-state index contributed by atoms with van der Waals surface area (Å²) in [6, 6.07) is 0.335. The summed E-state index contributed by atoms with van der Waals surface area (Å²) in [5.41, 5.74) is 0. The van der Waals surface area contributed by atoms with Crippen LogP contribution in [-0.2, 0) is 10.0 Å². The second-order valence-electron chi connectivity index (χ2n) is 4.73. The normalized spacial score (nSPS) is 16.4. The van der Waals surface area contributed by atoms with Crippen molar-refractivity contribution in [3.8, 4) is 0 Å². The molecule has 2 unspecified atom stereocenters. The summed E-state index contributed by atoms with van der Waals surface area (Å²) in [7, 11) is -3.19. The summed E-state index contributed by atoms with van der Waals surface area (Å²) in [4.78, 5) is 0. The molecule has 0 aromatic heterocycles. The van der Waals surface area contributed by atoms with Gasteiger partial charge in [-0.2, -0.15) is 0 Å². The first kappa shape index (κ1) is 15.9. The highest BCUT2D eigenvalue weighted by atomic mass is 32.2. The Bertz CT molecular complexity index is 276. The van der Waals surface area contributed by atoms with E-state index in [4.69, 9.17) is 0 Å². The zero-order valence-corrected chi connectivity index (χ0v) is 11.9. The van der Waals surface area contributed by atoms with Crippen LogP contribution in [0.2, 0.25) is 0 Å². The smallest absolute Gasteiger partial charge is 0.215 e. The molecule has 2 atom stereocenters. The van der Waals surface area contributed by atoms with Crippen LogP contribution in [0.5, 0.6) is 0 Å². The fraction of sp³-hybridized carbons (Fsp3) is 1.00. The summed E-state index contributed by atoms with van der Waals surface area (Å²) in [5, 5.41) is 2.74. The van der Waals surface area contributed by atoms with Gasteiger partial charge in [0.2, 0.25) is 10.0 Å². The van der Waals surface area contributed by atoms with Crippen LogP contribution in [0.25, 0.3) is 0 Å². The van der Waals surface area contributed by atoms with Crippen molar-refractivity contribution in [2.24, 2.45) is 0 Å². The standard InChI is InChI=1S/C11H26N2O2S/c1-6-7-10(4)13-16(14,15)11(5)8-12-9(2)3/h9-13H,6-8H2,1-5H3. The van der Waals surface area contributed by atoms with Gasteiger partial charge in [-0.25, -0.2) is 13.1 Å². The summed E-state index contributed by atoms with van der Waals surface area (Å²) >= 11 is 0. The maximum Gasteiger partial charge on any atom is 0.215 e. The van der Waals surface area contributed by atoms with Crippen molar-refractivity contribution >= 4 is 10.0 Å². The molecule has 0 spiro atoms. The first-order valence-electron chi connectivity index (χ1n) is 6.04. The molecule has 0 saturated carbocycles. The van der Waals surface area contributed by atoms with Gasteiger partial charge in [0.15, 0.2) is 0 Å². The molecule has 16 heavy (non-hydrogen) atoms. The van der Waals surface area contributed by atoms with E-state index in [-0.39, 0.29) is 6.04 Å². The summed E-state index contributed by atoms with van der Waals surface area (Å²) in [6.45, 7) is 10.2. The van der Waals surface area contributed by atoms with Crippen LogP contribution >= 0.6 is 0 Å². The molecule has 98 valence electrons. The van der Waals surface area contributed by atoms with Gasteiger partial charge in [-0.15, -0.1) is 0 Å². The largest absolute Gasteiger partial charge is 0.313 e. The van der Waals surface area contributed by atoms with Gasteiger partial charge in [-0.3, -0.25) is 0 Å². The highest BCUT2D eigenvalue weighted by Crippen LogP contribution is 2.03. The van der Waals surface area contributed by atoms with E-state index in [2.05, 4.69) is 17.0 Å². The molecule has 0 amide bonds. The molecule has 0 aliphatic rings. The van der Waals surface area contributed by atoms with Crippen molar-refractivity contribution in [3.63, 3.8) is 0 Å². The van der Waals surface area contributed by atoms with Gasteiger partial charge >= 0.3 is 0 Å².